The Morgan fingerprint density at radius 1 is 0.970 bits per heavy atom. The molecule has 4 aromatic rings. The molecule has 0 radical (unpaired) electrons. The molecule has 8 heteroatoms. The number of nitrogens with two attached hydrogens (primary N) is 1. The molecule has 1 aromatic carbocycles. The fourth-order valence-corrected chi connectivity index (χ4v) is 5.31. The summed E-state index contributed by atoms with van der Waals surface area (Å²) in [5.74, 6) is 1.43. The Hall–Kier alpha value is -3.23. The molecule has 6 rings (SSSR count). The highest BCUT2D eigenvalue weighted by atomic mass is 16.5. The summed E-state index contributed by atoms with van der Waals surface area (Å²) in [5, 5.41) is 5.91. The number of nitrogen functional groups attached to an aromatic ring is 1. The summed E-state index contributed by atoms with van der Waals surface area (Å²) >= 11 is 0. The third-order valence-electron chi connectivity index (χ3n) is 7.11. The van der Waals surface area contributed by atoms with E-state index in [0.29, 0.717) is 17.9 Å². The number of anilines is 2. The van der Waals surface area contributed by atoms with Crippen molar-refractivity contribution in [1.29, 1.82) is 0 Å². The second kappa shape index (κ2) is 8.61. The molecule has 4 heterocycles. The molecule has 1 aliphatic carbocycles. The number of nitrogens with zero attached hydrogens (tertiary/aromatic N) is 4. The van der Waals surface area contributed by atoms with Crippen LogP contribution in [-0.4, -0.2) is 63.2 Å². The summed E-state index contributed by atoms with van der Waals surface area (Å²) in [6.07, 6.45) is 8.19. The molecule has 0 amide bonds. The normalized spacial score (nSPS) is 22.1. The molecule has 1 saturated heterocycles. The third-order valence-corrected chi connectivity index (χ3v) is 7.11. The number of aromatic amines is 1. The number of H-pyrrole nitrogens is 1. The van der Waals surface area contributed by atoms with Crippen molar-refractivity contribution in [1.82, 2.24) is 24.8 Å². The van der Waals surface area contributed by atoms with E-state index >= 15 is 0 Å². The van der Waals surface area contributed by atoms with Crippen LogP contribution in [0.25, 0.3) is 33.1 Å². The van der Waals surface area contributed by atoms with E-state index in [1.165, 1.54) is 12.8 Å². The molecule has 3 aromatic heterocycles. The molecule has 0 unspecified atom stereocenters. The van der Waals surface area contributed by atoms with Crippen LogP contribution in [-0.2, 0) is 4.74 Å². The van der Waals surface area contributed by atoms with Crippen LogP contribution in [0.15, 0.2) is 42.9 Å². The van der Waals surface area contributed by atoms with Gasteiger partial charge in [-0.25, -0.2) is 15.0 Å². The number of hydrogen-bond acceptors (Lipinski definition) is 7. The lowest BCUT2D eigenvalue weighted by atomic mass is 9.90. The van der Waals surface area contributed by atoms with Gasteiger partial charge in [0.1, 0.15) is 23.6 Å². The number of rotatable bonds is 4. The van der Waals surface area contributed by atoms with E-state index < -0.39 is 0 Å². The maximum absolute atomic E-state index is 5.76. The fourth-order valence-electron chi connectivity index (χ4n) is 5.31. The van der Waals surface area contributed by atoms with Crippen molar-refractivity contribution in [3.05, 3.63) is 42.9 Å². The van der Waals surface area contributed by atoms with Crippen LogP contribution in [0.3, 0.4) is 0 Å². The largest absolute Gasteiger partial charge is 0.384 e. The minimum atomic E-state index is 0.426. The summed E-state index contributed by atoms with van der Waals surface area (Å²) in [6.45, 7) is 3.87. The van der Waals surface area contributed by atoms with Crippen LogP contribution in [0, 0.1) is 0 Å². The van der Waals surface area contributed by atoms with Crippen LogP contribution in [0.1, 0.15) is 25.7 Å². The van der Waals surface area contributed by atoms with Crippen molar-refractivity contribution in [2.45, 2.75) is 37.8 Å². The summed E-state index contributed by atoms with van der Waals surface area (Å²) in [7, 11) is 0. The second-order valence-corrected chi connectivity index (χ2v) is 9.10. The SMILES string of the molecule is Nc1ccc(-c2ccc3[nH]c4ncnc(N[C@H]5CC[C@H](N6CCOCC6)CC5)c4c3c2)cn1. The van der Waals surface area contributed by atoms with E-state index in [0.717, 1.165) is 78.0 Å². The third kappa shape index (κ3) is 4.00. The monoisotopic (exact) mass is 443 g/mol. The molecule has 4 N–H and O–H groups in total. The van der Waals surface area contributed by atoms with Gasteiger partial charge in [0.2, 0.25) is 0 Å². The van der Waals surface area contributed by atoms with Crippen molar-refractivity contribution < 1.29 is 4.74 Å². The zero-order valence-electron chi connectivity index (χ0n) is 18.6. The lowest BCUT2D eigenvalue weighted by Crippen LogP contribution is -2.46. The minimum absolute atomic E-state index is 0.426. The van der Waals surface area contributed by atoms with Gasteiger partial charge in [-0.3, -0.25) is 4.90 Å². The molecule has 2 fully saturated rings. The number of nitrogens with one attached hydrogen (secondary N) is 2. The highest BCUT2D eigenvalue weighted by Gasteiger charge is 2.27. The van der Waals surface area contributed by atoms with Crippen molar-refractivity contribution in [3.63, 3.8) is 0 Å². The molecule has 8 nitrogen and oxygen atoms in total. The minimum Gasteiger partial charge on any atom is -0.384 e. The van der Waals surface area contributed by atoms with Gasteiger partial charge in [0.15, 0.2) is 0 Å². The first kappa shape index (κ1) is 20.4. The Kier molecular flexibility index (Phi) is 5.32. The molecule has 1 aliphatic heterocycles. The van der Waals surface area contributed by atoms with Gasteiger partial charge >= 0.3 is 0 Å². The standard InChI is InChI=1S/C25H29N7O/c26-22-8-2-17(14-27-22)16-1-7-21-20(13-16)23-24(28-15-29-25(23)31-21)30-18-3-5-19(6-4-18)32-9-11-33-12-10-32/h1-2,7-8,13-15,18-19H,3-6,9-12H2,(H2,26,27)(H2,28,29,30,31)/t18-,19-. The Morgan fingerprint density at radius 3 is 2.58 bits per heavy atom. The first-order chi connectivity index (χ1) is 16.2. The summed E-state index contributed by atoms with van der Waals surface area (Å²) in [4.78, 5) is 19.5. The Morgan fingerprint density at radius 2 is 1.79 bits per heavy atom. The second-order valence-electron chi connectivity index (χ2n) is 9.10. The number of ether oxygens (including phenoxy) is 1. The van der Waals surface area contributed by atoms with Crippen LogP contribution in [0.2, 0.25) is 0 Å². The van der Waals surface area contributed by atoms with Gasteiger partial charge in [0.05, 0.1) is 18.6 Å². The van der Waals surface area contributed by atoms with Gasteiger partial charge in [-0.2, -0.15) is 0 Å². The first-order valence-corrected chi connectivity index (χ1v) is 11.8. The maximum atomic E-state index is 5.76. The van der Waals surface area contributed by atoms with E-state index in [1.54, 1.807) is 6.33 Å². The van der Waals surface area contributed by atoms with E-state index in [2.05, 4.69) is 48.4 Å². The van der Waals surface area contributed by atoms with Gasteiger partial charge in [-0.15, -0.1) is 0 Å². The summed E-state index contributed by atoms with van der Waals surface area (Å²) < 4.78 is 5.52. The molecule has 33 heavy (non-hydrogen) atoms. The van der Waals surface area contributed by atoms with E-state index in [9.17, 15) is 0 Å². The maximum Gasteiger partial charge on any atom is 0.143 e. The molecule has 0 spiro atoms. The predicted octanol–water partition coefficient (Wildman–Crippen LogP) is 3.81. The molecule has 1 saturated carbocycles. The number of fused-ring (bicyclic) bond motifs is 3. The number of aromatic nitrogens is 4. The fraction of sp³-hybridized carbons (Fsp3) is 0.400. The number of benzene rings is 1. The van der Waals surface area contributed by atoms with Gasteiger partial charge in [-0.05, 0) is 55.5 Å². The lowest BCUT2D eigenvalue weighted by Gasteiger charge is -2.39. The molecule has 2 aliphatic rings. The van der Waals surface area contributed by atoms with Crippen LogP contribution in [0.5, 0.6) is 0 Å². The number of pyridine rings is 1. The average molecular weight is 444 g/mol. The zero-order chi connectivity index (χ0) is 22.2. The quantitative estimate of drug-likeness (QED) is 0.440. The topological polar surface area (TPSA) is 105 Å². The van der Waals surface area contributed by atoms with Crippen molar-refractivity contribution in [3.8, 4) is 11.1 Å². The van der Waals surface area contributed by atoms with Crippen molar-refractivity contribution in [2.75, 3.05) is 37.4 Å². The zero-order valence-corrected chi connectivity index (χ0v) is 18.6. The highest BCUT2D eigenvalue weighted by Crippen LogP contribution is 2.34. The Balaban J connectivity index is 1.26. The molecule has 0 bridgehead atoms. The van der Waals surface area contributed by atoms with Crippen molar-refractivity contribution in [2.24, 2.45) is 0 Å². The average Bonchev–Trinajstić information content (AvgIpc) is 3.24. The molecule has 0 atom stereocenters. The molecular formula is C25H29N7O. The van der Waals surface area contributed by atoms with E-state index in [-0.39, 0.29) is 0 Å². The molecular weight excluding hydrogens is 414 g/mol. The highest BCUT2D eigenvalue weighted by molar-refractivity contribution is 6.12. The Bertz CT molecular complexity index is 1260. The van der Waals surface area contributed by atoms with E-state index in [4.69, 9.17) is 10.5 Å². The summed E-state index contributed by atoms with van der Waals surface area (Å²) in [5.41, 5.74) is 9.80. The Labute approximate surface area is 192 Å². The van der Waals surface area contributed by atoms with Gasteiger partial charge < -0.3 is 20.8 Å². The smallest absolute Gasteiger partial charge is 0.143 e. The van der Waals surface area contributed by atoms with Gasteiger partial charge in [0.25, 0.3) is 0 Å². The summed E-state index contributed by atoms with van der Waals surface area (Å²) in [6, 6.07) is 11.3. The van der Waals surface area contributed by atoms with Gasteiger partial charge in [0, 0.05) is 47.8 Å². The first-order valence-electron chi connectivity index (χ1n) is 11.8. The van der Waals surface area contributed by atoms with Crippen LogP contribution >= 0.6 is 0 Å². The number of hydrogen-bond donors (Lipinski definition) is 3. The van der Waals surface area contributed by atoms with Gasteiger partial charge in [-0.1, -0.05) is 6.07 Å². The van der Waals surface area contributed by atoms with Crippen LogP contribution in [0.4, 0.5) is 11.6 Å². The predicted molar refractivity (Wildman–Crippen MR) is 131 cm³/mol. The molecule has 170 valence electrons. The van der Waals surface area contributed by atoms with Crippen molar-refractivity contribution >= 4 is 33.6 Å². The number of morpholine rings is 1. The lowest BCUT2D eigenvalue weighted by molar-refractivity contribution is 0.00791. The van der Waals surface area contributed by atoms with E-state index in [1.807, 2.05) is 18.3 Å². The van der Waals surface area contributed by atoms with Crippen LogP contribution < -0.4 is 11.1 Å².